The summed E-state index contributed by atoms with van der Waals surface area (Å²) in [4.78, 5) is 0. The molecule has 17 rings (SSSR count). The van der Waals surface area contributed by atoms with E-state index in [4.69, 9.17) is 27.9 Å². The van der Waals surface area contributed by atoms with Gasteiger partial charge in [0.15, 0.2) is 0 Å². The van der Waals surface area contributed by atoms with E-state index in [1.165, 1.54) is 131 Å². The van der Waals surface area contributed by atoms with Crippen LogP contribution in [0.1, 0.15) is 133 Å². The standard InChI is InChI=1S/C37H33BO2.C31H21Br.C12H24B2O4/c1-35(2)31-20-16-23(38-39-36(3,4)37(5,6)40-38)21-30(31)28-18-19-29-32-24-12-8-7-11-22(24)15-17-27(32)25-13-9-10-14-26(25)33(29)34(28)35;1-31(2)27-16-12-19(32)17-26(27)24-14-15-25-28-20-8-4-3-7-18(20)11-13-23(28)21-9-5-6-10-22(21)29(25)30(24)31;1-9(2)10(3,4)16-13(15-9)14-17-11(5,6)12(7,8)18-14/h7-21H,1-6H3;3-17H,1-2H3;1-8H3. The molecule has 450 valence electrons. The van der Waals surface area contributed by atoms with Crippen molar-refractivity contribution in [3.63, 3.8) is 0 Å². The zero-order chi connectivity index (χ0) is 63.2. The minimum Gasteiger partial charge on any atom is -0.405 e. The predicted octanol–water partition coefficient (Wildman–Crippen LogP) is 20.5. The lowest BCUT2D eigenvalue weighted by Gasteiger charge is -2.32. The average Bonchev–Trinajstić information content (AvgIpc) is 1.40. The van der Waals surface area contributed by atoms with Gasteiger partial charge in [-0.05, 0) is 231 Å². The van der Waals surface area contributed by atoms with Crippen molar-refractivity contribution in [1.82, 2.24) is 0 Å². The molecule has 0 saturated carbocycles. The van der Waals surface area contributed by atoms with E-state index in [0.29, 0.717) is 0 Å². The highest BCUT2D eigenvalue weighted by molar-refractivity contribution is 9.10. The van der Waals surface area contributed by atoms with E-state index in [1.54, 1.807) is 0 Å². The Bertz CT molecular complexity index is 4960. The van der Waals surface area contributed by atoms with E-state index in [2.05, 4.69) is 253 Å². The zero-order valence-corrected chi connectivity index (χ0v) is 56.5. The quantitative estimate of drug-likeness (QED) is 0.127. The molecule has 0 atom stereocenters. The number of rotatable bonds is 2. The molecule has 90 heavy (non-hydrogen) atoms. The fraction of sp³-hybridized carbons (Fsp3) is 0.300. The first-order valence-corrected chi connectivity index (χ1v) is 32.9. The van der Waals surface area contributed by atoms with Crippen LogP contribution in [0.25, 0.3) is 108 Å². The van der Waals surface area contributed by atoms with Gasteiger partial charge in [0.25, 0.3) is 0 Å². The molecule has 0 spiro atoms. The maximum atomic E-state index is 6.44. The fourth-order valence-electron chi connectivity index (χ4n) is 15.4. The molecule has 2 aliphatic carbocycles. The lowest BCUT2D eigenvalue weighted by molar-refractivity contribution is 0.00578. The first kappa shape index (κ1) is 59.5. The predicted molar refractivity (Wildman–Crippen MR) is 384 cm³/mol. The minimum absolute atomic E-state index is 0.0636. The van der Waals surface area contributed by atoms with E-state index in [-0.39, 0.29) is 51.6 Å². The Hall–Kier alpha value is -6.85. The van der Waals surface area contributed by atoms with Crippen molar-refractivity contribution in [2.24, 2.45) is 0 Å². The normalized spacial score (nSPS) is 19.8. The molecule has 0 aromatic heterocycles. The number of benzene rings is 12. The van der Waals surface area contributed by atoms with Gasteiger partial charge in [0.1, 0.15) is 0 Å². The highest BCUT2D eigenvalue weighted by atomic mass is 79.9. The van der Waals surface area contributed by atoms with Gasteiger partial charge in [0.05, 0.1) is 33.6 Å². The molecular formula is C80H78B3BrO6. The van der Waals surface area contributed by atoms with Gasteiger partial charge in [-0.25, -0.2) is 0 Å². The highest BCUT2D eigenvalue weighted by Gasteiger charge is 2.64. The minimum atomic E-state index is -0.476. The van der Waals surface area contributed by atoms with Crippen molar-refractivity contribution in [2.45, 2.75) is 155 Å². The molecule has 0 radical (unpaired) electrons. The SMILES string of the molecule is CC1(C)OB(B2OC(C)(C)C(C)(C)O2)OC1(C)C.CC1(C)c2ccc(B3OC(C)(C)C(C)(C)O3)cc2-c2ccc3c(c21)c1ccccc1c1ccc2ccccc2c13.CC1(C)c2ccc(Br)cc2-c2ccc3c(c21)c1ccccc1c1ccc2ccccc2c13. The van der Waals surface area contributed by atoms with Crippen LogP contribution in [0.2, 0.25) is 0 Å². The van der Waals surface area contributed by atoms with Gasteiger partial charge in [-0.1, -0.05) is 213 Å². The molecule has 10 heteroatoms. The smallest absolute Gasteiger partial charge is 0.405 e. The Morgan fingerprint density at radius 2 is 0.611 bits per heavy atom. The summed E-state index contributed by atoms with van der Waals surface area (Å²) in [5.74, 6) is 0. The van der Waals surface area contributed by atoms with E-state index in [0.717, 1.165) is 9.94 Å². The van der Waals surface area contributed by atoms with Crippen LogP contribution in [0.15, 0.2) is 186 Å². The van der Waals surface area contributed by atoms with Crippen LogP contribution in [0.3, 0.4) is 0 Å². The number of hydrogen-bond donors (Lipinski definition) is 0. The van der Waals surface area contributed by atoms with Gasteiger partial charge in [-0.3, -0.25) is 0 Å². The second-order valence-electron chi connectivity index (χ2n) is 29.9. The number of halogens is 1. The van der Waals surface area contributed by atoms with Crippen molar-refractivity contribution in [1.29, 1.82) is 0 Å². The largest absolute Gasteiger partial charge is 0.494 e. The number of hydrogen-bond acceptors (Lipinski definition) is 6. The van der Waals surface area contributed by atoms with Gasteiger partial charge in [-0.2, -0.15) is 0 Å². The summed E-state index contributed by atoms with van der Waals surface area (Å²) in [5, 5.41) is 21.4. The van der Waals surface area contributed by atoms with Crippen molar-refractivity contribution < 1.29 is 27.9 Å². The summed E-state index contributed by atoms with van der Waals surface area (Å²) in [5.41, 5.74) is 9.64. The molecule has 3 aliphatic heterocycles. The maximum absolute atomic E-state index is 6.44. The summed E-state index contributed by atoms with van der Waals surface area (Å²) in [7, 11) is -1.33. The molecule has 0 bridgehead atoms. The van der Waals surface area contributed by atoms with Crippen LogP contribution in [0.5, 0.6) is 0 Å². The van der Waals surface area contributed by atoms with Gasteiger partial charge < -0.3 is 27.9 Å². The summed E-state index contributed by atoms with van der Waals surface area (Å²) in [6.45, 7) is 34.2. The molecule has 12 aromatic rings. The third kappa shape index (κ3) is 8.75. The fourth-order valence-corrected chi connectivity index (χ4v) is 15.7. The maximum Gasteiger partial charge on any atom is 0.494 e. The van der Waals surface area contributed by atoms with Gasteiger partial charge in [0.2, 0.25) is 0 Å². The van der Waals surface area contributed by atoms with Crippen LogP contribution in [-0.4, -0.2) is 54.7 Å². The molecular weight excluding hydrogens is 1170 g/mol. The van der Waals surface area contributed by atoms with Crippen LogP contribution in [0, 0.1) is 0 Å². The third-order valence-corrected chi connectivity index (χ3v) is 22.8. The first-order chi connectivity index (χ1) is 42.5. The van der Waals surface area contributed by atoms with E-state index < -0.39 is 14.0 Å². The van der Waals surface area contributed by atoms with Crippen LogP contribution in [-0.2, 0) is 38.8 Å². The molecule has 3 heterocycles. The molecule has 3 fully saturated rings. The van der Waals surface area contributed by atoms with Crippen LogP contribution < -0.4 is 5.46 Å². The molecule has 0 N–H and O–H groups in total. The molecule has 6 nitrogen and oxygen atoms in total. The first-order valence-electron chi connectivity index (χ1n) is 32.1. The van der Waals surface area contributed by atoms with Crippen LogP contribution >= 0.6 is 15.9 Å². The Kier molecular flexibility index (Phi) is 13.3. The lowest BCUT2D eigenvalue weighted by Crippen LogP contribution is -2.41. The second kappa shape index (κ2) is 20.1. The molecule has 12 aromatic carbocycles. The highest BCUT2D eigenvalue weighted by Crippen LogP contribution is 2.57. The van der Waals surface area contributed by atoms with Crippen molar-refractivity contribution in [2.75, 3.05) is 0 Å². The second-order valence-corrected chi connectivity index (χ2v) is 30.8. The summed E-state index contributed by atoms with van der Waals surface area (Å²) in [6, 6.07) is 67.6. The van der Waals surface area contributed by atoms with E-state index in [9.17, 15) is 0 Å². The van der Waals surface area contributed by atoms with Gasteiger partial charge >= 0.3 is 21.1 Å². The molecule has 0 amide bonds. The van der Waals surface area contributed by atoms with Crippen LogP contribution in [0.4, 0.5) is 0 Å². The number of fused-ring (bicyclic) bond motifs is 24. The Labute approximate surface area is 539 Å². The molecule has 3 saturated heterocycles. The lowest BCUT2D eigenvalue weighted by atomic mass is 9.49. The Morgan fingerprint density at radius 3 is 1.03 bits per heavy atom. The Balaban J connectivity index is 0.000000121. The van der Waals surface area contributed by atoms with Gasteiger partial charge in [0, 0.05) is 15.3 Å². The molecule has 5 aliphatic rings. The van der Waals surface area contributed by atoms with Crippen molar-refractivity contribution >= 4 is 129 Å². The zero-order valence-electron chi connectivity index (χ0n) is 54.9. The topological polar surface area (TPSA) is 55.4 Å². The monoisotopic (exact) mass is 1250 g/mol. The average molecular weight is 1250 g/mol. The summed E-state index contributed by atoms with van der Waals surface area (Å²) >= 11 is 3.70. The van der Waals surface area contributed by atoms with Crippen molar-refractivity contribution in [3.05, 3.63) is 209 Å². The van der Waals surface area contributed by atoms with Crippen molar-refractivity contribution in [3.8, 4) is 22.3 Å². The Morgan fingerprint density at radius 1 is 0.278 bits per heavy atom. The summed E-state index contributed by atoms with van der Waals surface area (Å²) in [6.07, 6.45) is 0. The van der Waals surface area contributed by atoms with E-state index in [1.807, 2.05) is 55.4 Å². The van der Waals surface area contributed by atoms with Gasteiger partial charge in [-0.15, -0.1) is 0 Å². The molecule has 0 unspecified atom stereocenters. The van der Waals surface area contributed by atoms with E-state index >= 15 is 0 Å². The third-order valence-electron chi connectivity index (χ3n) is 22.3. The summed E-state index contributed by atoms with van der Waals surface area (Å²) < 4.78 is 37.9.